The Balaban J connectivity index is 1.67. The third-order valence-corrected chi connectivity index (χ3v) is 4.01. The average Bonchev–Trinajstić information content (AvgIpc) is 2.63. The first-order valence-corrected chi connectivity index (χ1v) is 6.83. The summed E-state index contributed by atoms with van der Waals surface area (Å²) in [5, 5.41) is 3.69. The Bertz CT molecular complexity index is 198. The molecule has 0 aliphatic carbocycles. The van der Waals surface area contributed by atoms with E-state index in [0.717, 1.165) is 44.3 Å². The minimum absolute atomic E-state index is 0.781. The third-order valence-electron chi connectivity index (χ3n) is 4.01. The van der Waals surface area contributed by atoms with Crippen LogP contribution in [0, 0.1) is 0 Å². The standard InChI is InChI=1S/C13H26N2O/c1-3-7-16-8-6-15(2)13-9-11-4-5-12(10-13)14-11/h11-14H,3-10H2,1-2H3. The summed E-state index contributed by atoms with van der Waals surface area (Å²) in [7, 11) is 2.25. The first-order chi connectivity index (χ1) is 7.79. The Labute approximate surface area is 99.5 Å². The number of nitrogens with zero attached hydrogens (tertiary/aromatic N) is 1. The molecule has 0 aromatic carbocycles. The van der Waals surface area contributed by atoms with Gasteiger partial charge in [0.1, 0.15) is 0 Å². The van der Waals surface area contributed by atoms with E-state index in [2.05, 4.69) is 24.2 Å². The first kappa shape index (κ1) is 12.3. The lowest BCUT2D eigenvalue weighted by Gasteiger charge is -2.35. The quantitative estimate of drug-likeness (QED) is 0.697. The van der Waals surface area contributed by atoms with Crippen molar-refractivity contribution >= 4 is 0 Å². The van der Waals surface area contributed by atoms with Crippen LogP contribution in [0.4, 0.5) is 0 Å². The molecule has 0 aromatic rings. The minimum atomic E-state index is 0.781. The Kier molecular flexibility index (Phi) is 4.62. The van der Waals surface area contributed by atoms with E-state index in [1.54, 1.807) is 0 Å². The van der Waals surface area contributed by atoms with E-state index >= 15 is 0 Å². The molecular weight excluding hydrogens is 200 g/mol. The number of ether oxygens (including phenoxy) is 1. The summed E-state index contributed by atoms with van der Waals surface area (Å²) in [6.45, 7) is 5.05. The molecule has 2 aliphatic heterocycles. The van der Waals surface area contributed by atoms with Crippen LogP contribution in [-0.2, 0) is 4.74 Å². The number of fused-ring (bicyclic) bond motifs is 2. The van der Waals surface area contributed by atoms with Crippen LogP contribution in [0.5, 0.6) is 0 Å². The Morgan fingerprint density at radius 1 is 1.19 bits per heavy atom. The fourth-order valence-electron chi connectivity index (χ4n) is 3.02. The summed E-state index contributed by atoms with van der Waals surface area (Å²) in [4.78, 5) is 2.50. The van der Waals surface area contributed by atoms with Crippen molar-refractivity contribution < 1.29 is 4.74 Å². The number of rotatable bonds is 6. The zero-order chi connectivity index (χ0) is 11.4. The Morgan fingerprint density at radius 3 is 2.50 bits per heavy atom. The lowest BCUT2D eigenvalue weighted by atomic mass is 9.99. The van der Waals surface area contributed by atoms with Crippen molar-refractivity contribution in [3.05, 3.63) is 0 Å². The second-order valence-electron chi connectivity index (χ2n) is 5.36. The normalized spacial score (nSPS) is 33.6. The van der Waals surface area contributed by atoms with Crippen molar-refractivity contribution in [1.82, 2.24) is 10.2 Å². The molecule has 16 heavy (non-hydrogen) atoms. The molecule has 2 aliphatic rings. The van der Waals surface area contributed by atoms with Crippen LogP contribution in [0.25, 0.3) is 0 Å². The van der Waals surface area contributed by atoms with Crippen LogP contribution >= 0.6 is 0 Å². The van der Waals surface area contributed by atoms with Gasteiger partial charge in [0.2, 0.25) is 0 Å². The molecule has 2 heterocycles. The van der Waals surface area contributed by atoms with Crippen molar-refractivity contribution in [3.63, 3.8) is 0 Å². The summed E-state index contributed by atoms with van der Waals surface area (Å²) in [6.07, 6.45) is 6.57. The van der Waals surface area contributed by atoms with E-state index in [1.807, 2.05) is 0 Å². The molecule has 0 radical (unpaired) electrons. The molecule has 2 atom stereocenters. The average molecular weight is 226 g/mol. The van der Waals surface area contributed by atoms with Gasteiger partial charge in [0, 0.05) is 31.3 Å². The monoisotopic (exact) mass is 226 g/mol. The lowest BCUT2D eigenvalue weighted by molar-refractivity contribution is 0.0864. The number of likely N-dealkylation sites (N-methyl/N-ethyl adjacent to an activating group) is 1. The van der Waals surface area contributed by atoms with E-state index in [-0.39, 0.29) is 0 Å². The van der Waals surface area contributed by atoms with Gasteiger partial charge < -0.3 is 15.0 Å². The van der Waals surface area contributed by atoms with E-state index in [0.29, 0.717) is 0 Å². The molecule has 2 rings (SSSR count). The minimum Gasteiger partial charge on any atom is -0.380 e. The maximum Gasteiger partial charge on any atom is 0.0593 e. The highest BCUT2D eigenvalue weighted by atomic mass is 16.5. The molecule has 1 N–H and O–H groups in total. The Hall–Kier alpha value is -0.120. The van der Waals surface area contributed by atoms with Gasteiger partial charge in [-0.05, 0) is 39.2 Å². The van der Waals surface area contributed by atoms with Crippen LogP contribution in [0.3, 0.4) is 0 Å². The molecule has 0 saturated carbocycles. The molecule has 3 heteroatoms. The molecule has 0 aromatic heterocycles. The molecule has 2 saturated heterocycles. The molecular formula is C13H26N2O. The van der Waals surface area contributed by atoms with Crippen LogP contribution in [0.15, 0.2) is 0 Å². The second-order valence-corrected chi connectivity index (χ2v) is 5.36. The number of hydrogen-bond donors (Lipinski definition) is 1. The van der Waals surface area contributed by atoms with Gasteiger partial charge >= 0.3 is 0 Å². The van der Waals surface area contributed by atoms with Crippen LogP contribution in [0.1, 0.15) is 39.0 Å². The van der Waals surface area contributed by atoms with Gasteiger partial charge in [-0.15, -0.1) is 0 Å². The molecule has 3 nitrogen and oxygen atoms in total. The van der Waals surface area contributed by atoms with Gasteiger partial charge in [-0.25, -0.2) is 0 Å². The number of hydrogen-bond acceptors (Lipinski definition) is 3. The summed E-state index contributed by atoms with van der Waals surface area (Å²) in [5.74, 6) is 0. The van der Waals surface area contributed by atoms with Crippen LogP contribution < -0.4 is 5.32 Å². The van der Waals surface area contributed by atoms with E-state index in [4.69, 9.17) is 4.74 Å². The summed E-state index contributed by atoms with van der Waals surface area (Å²) in [6, 6.07) is 2.37. The zero-order valence-corrected chi connectivity index (χ0v) is 10.7. The number of nitrogens with one attached hydrogen (secondary N) is 1. The van der Waals surface area contributed by atoms with Crippen molar-refractivity contribution in [2.45, 2.75) is 57.2 Å². The van der Waals surface area contributed by atoms with Crippen molar-refractivity contribution in [2.75, 3.05) is 26.8 Å². The van der Waals surface area contributed by atoms with Crippen LogP contribution in [-0.4, -0.2) is 49.8 Å². The molecule has 2 bridgehead atoms. The zero-order valence-electron chi connectivity index (χ0n) is 10.7. The van der Waals surface area contributed by atoms with E-state index in [1.165, 1.54) is 25.7 Å². The number of piperidine rings is 1. The highest BCUT2D eigenvalue weighted by Gasteiger charge is 2.34. The first-order valence-electron chi connectivity index (χ1n) is 6.83. The maximum atomic E-state index is 5.56. The van der Waals surface area contributed by atoms with Crippen molar-refractivity contribution in [2.24, 2.45) is 0 Å². The van der Waals surface area contributed by atoms with Crippen molar-refractivity contribution in [1.29, 1.82) is 0 Å². The second kappa shape index (κ2) is 5.99. The summed E-state index contributed by atoms with van der Waals surface area (Å²) in [5.41, 5.74) is 0. The maximum absolute atomic E-state index is 5.56. The largest absolute Gasteiger partial charge is 0.380 e. The van der Waals surface area contributed by atoms with Gasteiger partial charge in [-0.2, -0.15) is 0 Å². The fourth-order valence-corrected chi connectivity index (χ4v) is 3.02. The van der Waals surface area contributed by atoms with Crippen molar-refractivity contribution in [3.8, 4) is 0 Å². The highest BCUT2D eigenvalue weighted by molar-refractivity contribution is 4.95. The molecule has 2 fully saturated rings. The lowest BCUT2D eigenvalue weighted by Crippen LogP contribution is -2.47. The fraction of sp³-hybridized carbons (Fsp3) is 1.00. The molecule has 2 unspecified atom stereocenters. The summed E-state index contributed by atoms with van der Waals surface area (Å²) >= 11 is 0. The SMILES string of the molecule is CCCOCCN(C)C1CC2CCC(C1)N2. The van der Waals surface area contributed by atoms with Gasteiger partial charge in [0.25, 0.3) is 0 Å². The van der Waals surface area contributed by atoms with E-state index < -0.39 is 0 Å². The van der Waals surface area contributed by atoms with Gasteiger partial charge in [-0.3, -0.25) is 0 Å². The van der Waals surface area contributed by atoms with Gasteiger partial charge in [0.15, 0.2) is 0 Å². The predicted molar refractivity (Wildman–Crippen MR) is 66.7 cm³/mol. The van der Waals surface area contributed by atoms with Gasteiger partial charge in [0.05, 0.1) is 6.61 Å². The topological polar surface area (TPSA) is 24.5 Å². The predicted octanol–water partition coefficient (Wildman–Crippen LogP) is 1.63. The van der Waals surface area contributed by atoms with Crippen LogP contribution in [0.2, 0.25) is 0 Å². The highest BCUT2D eigenvalue weighted by Crippen LogP contribution is 2.28. The molecule has 0 spiro atoms. The molecule has 0 amide bonds. The molecule has 94 valence electrons. The van der Waals surface area contributed by atoms with E-state index in [9.17, 15) is 0 Å². The van der Waals surface area contributed by atoms with Gasteiger partial charge in [-0.1, -0.05) is 6.92 Å². The smallest absolute Gasteiger partial charge is 0.0593 e. The third kappa shape index (κ3) is 3.19. The Morgan fingerprint density at radius 2 is 1.88 bits per heavy atom. The summed E-state index contributed by atoms with van der Waals surface area (Å²) < 4.78 is 5.56.